The van der Waals surface area contributed by atoms with Crippen molar-refractivity contribution in [3.05, 3.63) is 63.8 Å². The normalized spacial score (nSPS) is 16.5. The van der Waals surface area contributed by atoms with Crippen LogP contribution in [0.3, 0.4) is 0 Å². The van der Waals surface area contributed by atoms with Crippen LogP contribution >= 0.6 is 22.9 Å². The molecule has 180 valence electrons. The molecule has 1 aliphatic heterocycles. The maximum Gasteiger partial charge on any atom is 0.237 e. The zero-order chi connectivity index (χ0) is 23.6. The van der Waals surface area contributed by atoms with Gasteiger partial charge in [-0.05, 0) is 60.5 Å². The number of benzene rings is 1. The first-order valence-electron chi connectivity index (χ1n) is 11.3. The summed E-state index contributed by atoms with van der Waals surface area (Å²) in [5.41, 5.74) is 1.16. The summed E-state index contributed by atoms with van der Waals surface area (Å²) in [5, 5.41) is 13.1. The molecule has 1 aliphatic rings. The molecular weight excluding hydrogens is 460 g/mol. The van der Waals surface area contributed by atoms with Gasteiger partial charge in [0, 0.05) is 36.6 Å². The lowest BCUT2D eigenvalue weighted by atomic mass is 10.0. The Morgan fingerprint density at radius 3 is 2.91 bits per heavy atom. The van der Waals surface area contributed by atoms with E-state index in [4.69, 9.17) is 21.1 Å². The second-order valence-electron chi connectivity index (χ2n) is 8.16. The van der Waals surface area contributed by atoms with E-state index in [1.807, 2.05) is 21.9 Å². The van der Waals surface area contributed by atoms with Crippen molar-refractivity contribution in [1.82, 2.24) is 9.80 Å². The van der Waals surface area contributed by atoms with Crippen molar-refractivity contribution in [3.63, 3.8) is 0 Å². The van der Waals surface area contributed by atoms with Gasteiger partial charge >= 0.3 is 0 Å². The van der Waals surface area contributed by atoms with Gasteiger partial charge in [-0.3, -0.25) is 9.69 Å². The zero-order valence-corrected chi connectivity index (χ0v) is 20.7. The zero-order valence-electron chi connectivity index (χ0n) is 19.1. The summed E-state index contributed by atoms with van der Waals surface area (Å²) in [6, 6.07) is 9.20. The van der Waals surface area contributed by atoms with Crippen molar-refractivity contribution in [1.29, 1.82) is 0 Å². The molecule has 0 bridgehead atoms. The number of halogens is 1. The summed E-state index contributed by atoms with van der Waals surface area (Å²) in [7, 11) is 1.64. The molecule has 2 atom stereocenters. The van der Waals surface area contributed by atoms with E-state index in [1.54, 1.807) is 36.7 Å². The summed E-state index contributed by atoms with van der Waals surface area (Å²) < 4.78 is 11.3. The van der Waals surface area contributed by atoms with Gasteiger partial charge in [0.25, 0.3) is 0 Å². The van der Waals surface area contributed by atoms with Crippen LogP contribution in [0.15, 0.2) is 48.4 Å². The van der Waals surface area contributed by atoms with Gasteiger partial charge in [-0.1, -0.05) is 17.7 Å². The Balaban J connectivity index is 1.69. The standard InChI is InChI=1S/C25H33ClN2O4S/c1-3-4-5-20(29)16-27(13-14-31-2)17-25(30)28-12-10-24-22(11-15-33-24)23(28)18-32-21-8-6-19(26)7-9-21/h3,6-9,11,15,20,23,29H,1,4-5,10,12-14,16-18H2,2H3/t20-,23+/m0/s1. The third-order valence-electron chi connectivity index (χ3n) is 5.78. The Kier molecular flexibility index (Phi) is 10.2. The highest BCUT2D eigenvalue weighted by Gasteiger charge is 2.33. The first kappa shape index (κ1) is 25.7. The predicted molar refractivity (Wildman–Crippen MR) is 133 cm³/mol. The van der Waals surface area contributed by atoms with Gasteiger partial charge in [0.1, 0.15) is 12.4 Å². The fourth-order valence-corrected chi connectivity index (χ4v) is 5.07. The number of fused-ring (bicyclic) bond motifs is 1. The molecule has 33 heavy (non-hydrogen) atoms. The van der Waals surface area contributed by atoms with Crippen molar-refractivity contribution in [2.45, 2.75) is 31.4 Å². The Morgan fingerprint density at radius 2 is 2.18 bits per heavy atom. The third kappa shape index (κ3) is 7.55. The van der Waals surface area contributed by atoms with E-state index < -0.39 is 6.10 Å². The number of hydrogen-bond donors (Lipinski definition) is 1. The van der Waals surface area contributed by atoms with Gasteiger partial charge < -0.3 is 19.5 Å². The molecule has 0 spiro atoms. The molecule has 0 saturated carbocycles. The van der Waals surface area contributed by atoms with Crippen molar-refractivity contribution < 1.29 is 19.4 Å². The van der Waals surface area contributed by atoms with Crippen molar-refractivity contribution >= 4 is 28.8 Å². The largest absolute Gasteiger partial charge is 0.491 e. The molecule has 6 nitrogen and oxygen atoms in total. The molecule has 1 aromatic heterocycles. The van der Waals surface area contributed by atoms with Crippen LogP contribution in [0.25, 0.3) is 0 Å². The Hall–Kier alpha value is -1.90. The first-order chi connectivity index (χ1) is 16.0. The monoisotopic (exact) mass is 492 g/mol. The van der Waals surface area contributed by atoms with Crippen molar-refractivity contribution in [2.24, 2.45) is 0 Å². The van der Waals surface area contributed by atoms with Crippen LogP contribution in [0.4, 0.5) is 0 Å². The quantitative estimate of drug-likeness (QED) is 0.425. The third-order valence-corrected chi connectivity index (χ3v) is 7.03. The lowest BCUT2D eigenvalue weighted by Gasteiger charge is -2.37. The number of aliphatic hydroxyl groups is 1. The number of carbonyl (C=O) groups is 1. The predicted octanol–water partition coefficient (Wildman–Crippen LogP) is 4.18. The van der Waals surface area contributed by atoms with E-state index in [0.717, 1.165) is 24.2 Å². The topological polar surface area (TPSA) is 62.2 Å². The van der Waals surface area contributed by atoms with E-state index in [9.17, 15) is 9.90 Å². The fraction of sp³-hybridized carbons (Fsp3) is 0.480. The number of aliphatic hydroxyl groups excluding tert-OH is 1. The maximum atomic E-state index is 13.4. The SMILES string of the molecule is C=CCC[C@H](O)CN(CCOC)CC(=O)N1CCc2sccc2[C@H]1COc1ccc(Cl)cc1. The van der Waals surface area contributed by atoms with E-state index in [0.29, 0.717) is 44.3 Å². The highest BCUT2D eigenvalue weighted by molar-refractivity contribution is 7.10. The molecule has 1 N–H and O–H groups in total. The first-order valence-corrected chi connectivity index (χ1v) is 12.5. The minimum absolute atomic E-state index is 0.0311. The summed E-state index contributed by atoms with van der Waals surface area (Å²) in [5.74, 6) is 0.754. The fourth-order valence-electron chi connectivity index (χ4n) is 4.02. The molecule has 0 radical (unpaired) electrons. The minimum atomic E-state index is -0.512. The van der Waals surface area contributed by atoms with E-state index in [-0.39, 0.29) is 18.5 Å². The average molecular weight is 493 g/mol. The second kappa shape index (κ2) is 13.1. The van der Waals surface area contributed by atoms with Crippen LogP contribution in [0.5, 0.6) is 5.75 Å². The number of nitrogens with zero attached hydrogens (tertiary/aromatic N) is 2. The van der Waals surface area contributed by atoms with Crippen LogP contribution in [-0.2, 0) is 16.0 Å². The van der Waals surface area contributed by atoms with Gasteiger partial charge in [0.05, 0.1) is 25.3 Å². The molecule has 0 saturated heterocycles. The number of methoxy groups -OCH3 is 1. The number of carbonyl (C=O) groups excluding carboxylic acids is 1. The lowest BCUT2D eigenvalue weighted by molar-refractivity contribution is -0.136. The van der Waals surface area contributed by atoms with E-state index >= 15 is 0 Å². The van der Waals surface area contributed by atoms with Crippen LogP contribution in [0.1, 0.15) is 29.3 Å². The lowest BCUT2D eigenvalue weighted by Crippen LogP contribution is -2.48. The van der Waals surface area contributed by atoms with Crippen LogP contribution in [0, 0.1) is 0 Å². The molecule has 1 aromatic carbocycles. The summed E-state index contributed by atoms with van der Waals surface area (Å²) in [4.78, 5) is 18.6. The van der Waals surface area contributed by atoms with E-state index in [2.05, 4.69) is 18.0 Å². The highest BCUT2D eigenvalue weighted by Crippen LogP contribution is 2.34. The Labute approximate surface area is 205 Å². The smallest absolute Gasteiger partial charge is 0.237 e. The Bertz CT molecular complexity index is 889. The summed E-state index contributed by atoms with van der Waals surface area (Å²) >= 11 is 7.71. The van der Waals surface area contributed by atoms with Crippen LogP contribution in [0.2, 0.25) is 5.02 Å². The molecule has 2 heterocycles. The number of ether oxygens (including phenoxy) is 2. The maximum absolute atomic E-state index is 13.4. The molecule has 0 fully saturated rings. The number of thiophene rings is 1. The van der Waals surface area contributed by atoms with Gasteiger partial charge in [0.2, 0.25) is 5.91 Å². The Morgan fingerprint density at radius 1 is 1.39 bits per heavy atom. The average Bonchev–Trinajstić information content (AvgIpc) is 3.29. The molecule has 8 heteroatoms. The summed E-state index contributed by atoms with van der Waals surface area (Å²) in [6.45, 7) is 6.47. The van der Waals surface area contributed by atoms with Gasteiger partial charge in [-0.25, -0.2) is 0 Å². The van der Waals surface area contributed by atoms with Gasteiger partial charge in [0.15, 0.2) is 0 Å². The highest BCUT2D eigenvalue weighted by atomic mass is 35.5. The number of hydrogen-bond acceptors (Lipinski definition) is 6. The molecule has 3 rings (SSSR count). The van der Waals surface area contributed by atoms with Gasteiger partial charge in [-0.15, -0.1) is 17.9 Å². The van der Waals surface area contributed by atoms with Crippen LogP contribution < -0.4 is 4.74 Å². The van der Waals surface area contributed by atoms with Crippen LogP contribution in [-0.4, -0.2) is 73.4 Å². The van der Waals surface area contributed by atoms with Crippen molar-refractivity contribution in [2.75, 3.05) is 46.5 Å². The number of amides is 1. The molecule has 2 aromatic rings. The van der Waals surface area contributed by atoms with E-state index in [1.165, 1.54) is 4.88 Å². The second-order valence-corrected chi connectivity index (χ2v) is 9.60. The molecule has 1 amide bonds. The summed E-state index contributed by atoms with van der Waals surface area (Å²) in [6.07, 6.45) is 3.49. The molecule has 0 aliphatic carbocycles. The number of allylic oxidation sites excluding steroid dienone is 1. The minimum Gasteiger partial charge on any atom is -0.491 e. The molecular formula is C25H33ClN2O4S. The molecule has 0 unspecified atom stereocenters. The van der Waals surface area contributed by atoms with Gasteiger partial charge in [-0.2, -0.15) is 0 Å². The van der Waals surface area contributed by atoms with Crippen molar-refractivity contribution in [3.8, 4) is 5.75 Å². The number of rotatable bonds is 13.